The zero-order chi connectivity index (χ0) is 22.4. The molecule has 5 nitrogen and oxygen atoms in total. The van der Waals surface area contributed by atoms with Gasteiger partial charge in [-0.15, -0.1) is 11.3 Å². The van der Waals surface area contributed by atoms with Gasteiger partial charge in [-0.1, -0.05) is 45.7 Å². The molecule has 2 heterocycles. The molecule has 2 aliphatic rings. The maximum atomic E-state index is 13.6. The predicted octanol–water partition coefficient (Wildman–Crippen LogP) is 5.42. The number of rotatable bonds is 5. The van der Waals surface area contributed by atoms with Crippen molar-refractivity contribution >= 4 is 50.7 Å². The molecule has 3 atom stereocenters. The summed E-state index contributed by atoms with van der Waals surface area (Å²) >= 11 is 11.1. The summed E-state index contributed by atoms with van der Waals surface area (Å²) in [6.45, 7) is 3.07. The predicted molar refractivity (Wildman–Crippen MR) is 130 cm³/mol. The molecule has 0 unspecified atom stereocenters. The second-order valence-electron chi connectivity index (χ2n) is 8.33. The molecule has 1 aliphatic carbocycles. The number of nitrogens with zero attached hydrogens (tertiary/aromatic N) is 2. The number of benzene rings is 2. The summed E-state index contributed by atoms with van der Waals surface area (Å²) in [6.07, 6.45) is 1.11. The molecule has 2 fully saturated rings. The first-order valence-corrected chi connectivity index (χ1v) is 12.5. The maximum absolute atomic E-state index is 13.6. The lowest BCUT2D eigenvalue weighted by Crippen LogP contribution is -2.45. The molecular weight excluding hydrogens is 510 g/mol. The van der Waals surface area contributed by atoms with Crippen LogP contribution in [0.1, 0.15) is 32.3 Å². The Morgan fingerprint density at radius 2 is 2.06 bits per heavy atom. The second-order valence-corrected chi connectivity index (χ2v) is 10.9. The lowest BCUT2D eigenvalue weighted by Gasteiger charge is -2.27. The minimum Gasteiger partial charge on any atom is -0.350 e. The highest BCUT2D eigenvalue weighted by Gasteiger charge is 2.54. The number of carbonyl (C=O) groups excluding carboxylic acids is 2. The molecule has 8 heteroatoms. The highest BCUT2D eigenvalue weighted by Crippen LogP contribution is 2.50. The average Bonchev–Trinajstić information content (AvgIpc) is 3.28. The molecule has 2 amide bonds. The largest absolute Gasteiger partial charge is 0.350 e. The Labute approximate surface area is 203 Å². The van der Waals surface area contributed by atoms with Crippen molar-refractivity contribution in [1.29, 1.82) is 0 Å². The third-order valence-electron chi connectivity index (χ3n) is 6.15. The molecule has 1 saturated carbocycles. The van der Waals surface area contributed by atoms with Crippen LogP contribution in [0.4, 0.5) is 0 Å². The van der Waals surface area contributed by atoms with Gasteiger partial charge in [0, 0.05) is 28.1 Å². The third-order valence-corrected chi connectivity index (χ3v) is 7.89. The van der Waals surface area contributed by atoms with Crippen LogP contribution in [0, 0.1) is 18.8 Å². The van der Waals surface area contributed by atoms with Gasteiger partial charge in [0.05, 0.1) is 15.9 Å². The van der Waals surface area contributed by atoms with E-state index in [9.17, 15) is 9.59 Å². The van der Waals surface area contributed by atoms with Crippen molar-refractivity contribution in [3.63, 3.8) is 0 Å². The molecule has 2 aromatic carbocycles. The Morgan fingerprint density at radius 1 is 1.25 bits per heavy atom. The van der Waals surface area contributed by atoms with Gasteiger partial charge in [0.15, 0.2) is 0 Å². The number of halogens is 2. The van der Waals surface area contributed by atoms with Gasteiger partial charge in [-0.2, -0.15) is 0 Å². The van der Waals surface area contributed by atoms with Crippen molar-refractivity contribution in [3.8, 4) is 10.4 Å². The molecule has 0 spiro atoms. The van der Waals surface area contributed by atoms with Crippen LogP contribution >= 0.6 is 38.9 Å². The van der Waals surface area contributed by atoms with Crippen molar-refractivity contribution in [2.75, 3.05) is 13.1 Å². The maximum Gasteiger partial charge on any atom is 0.274 e. The van der Waals surface area contributed by atoms with Gasteiger partial charge in [-0.25, -0.2) is 4.98 Å². The second kappa shape index (κ2) is 8.61. The van der Waals surface area contributed by atoms with E-state index in [2.05, 4.69) is 26.2 Å². The van der Waals surface area contributed by atoms with Gasteiger partial charge in [-0.05, 0) is 61.1 Å². The minimum atomic E-state index is -0.177. The van der Waals surface area contributed by atoms with Crippen molar-refractivity contribution in [3.05, 3.63) is 74.3 Å². The van der Waals surface area contributed by atoms with Crippen molar-refractivity contribution in [2.45, 2.75) is 19.4 Å². The average molecular weight is 531 g/mol. The monoisotopic (exact) mass is 529 g/mol. The van der Waals surface area contributed by atoms with E-state index in [-0.39, 0.29) is 17.9 Å². The van der Waals surface area contributed by atoms with Crippen LogP contribution in [0.5, 0.6) is 0 Å². The summed E-state index contributed by atoms with van der Waals surface area (Å²) in [6, 6.07) is 14.8. The Kier molecular flexibility index (Phi) is 5.82. The van der Waals surface area contributed by atoms with E-state index in [0.29, 0.717) is 34.7 Å². The summed E-state index contributed by atoms with van der Waals surface area (Å²) in [5.41, 5.74) is 1.99. The van der Waals surface area contributed by atoms with E-state index in [1.165, 1.54) is 11.3 Å². The lowest BCUT2D eigenvalue weighted by molar-refractivity contribution is 0.0690. The fourth-order valence-corrected chi connectivity index (χ4v) is 6.03. The molecule has 1 aromatic heterocycles. The van der Waals surface area contributed by atoms with Gasteiger partial charge in [0.25, 0.3) is 11.8 Å². The van der Waals surface area contributed by atoms with Crippen LogP contribution in [0.2, 0.25) is 5.02 Å². The molecule has 3 aromatic rings. The highest BCUT2D eigenvalue weighted by atomic mass is 79.9. The van der Waals surface area contributed by atoms with Gasteiger partial charge in [0.1, 0.15) is 5.69 Å². The van der Waals surface area contributed by atoms with E-state index in [1.54, 1.807) is 24.3 Å². The van der Waals surface area contributed by atoms with E-state index < -0.39 is 0 Å². The van der Waals surface area contributed by atoms with Crippen molar-refractivity contribution in [2.24, 2.45) is 11.8 Å². The Balaban J connectivity index is 1.36. The molecule has 164 valence electrons. The first-order chi connectivity index (χ1) is 15.4. The van der Waals surface area contributed by atoms with E-state index in [0.717, 1.165) is 32.9 Å². The van der Waals surface area contributed by atoms with Gasteiger partial charge in [-0.3, -0.25) is 9.59 Å². The highest BCUT2D eigenvalue weighted by molar-refractivity contribution is 9.10. The van der Waals surface area contributed by atoms with Crippen LogP contribution in [0.3, 0.4) is 0 Å². The summed E-state index contributed by atoms with van der Waals surface area (Å²) in [7, 11) is 0. The normalized spacial score (nSPS) is 21.3. The van der Waals surface area contributed by atoms with E-state index >= 15 is 0 Å². The number of fused-ring (bicyclic) bond motifs is 1. The zero-order valence-corrected chi connectivity index (χ0v) is 20.5. The Morgan fingerprint density at radius 3 is 2.84 bits per heavy atom. The van der Waals surface area contributed by atoms with Crippen LogP contribution in [-0.4, -0.2) is 40.8 Å². The first kappa shape index (κ1) is 21.6. The number of piperidine rings is 1. The number of hydrogen-bond acceptors (Lipinski definition) is 4. The molecule has 1 aliphatic heterocycles. The molecule has 0 bridgehead atoms. The van der Waals surface area contributed by atoms with Crippen LogP contribution in [0.25, 0.3) is 10.4 Å². The number of thiazole rings is 1. The smallest absolute Gasteiger partial charge is 0.274 e. The first-order valence-electron chi connectivity index (χ1n) is 10.5. The quantitative estimate of drug-likeness (QED) is 0.479. The Hall–Kier alpha value is -2.22. The molecule has 1 N–H and O–H groups in total. The molecule has 0 radical (unpaired) electrons. The van der Waals surface area contributed by atoms with Crippen LogP contribution in [-0.2, 0) is 0 Å². The lowest BCUT2D eigenvalue weighted by atomic mass is 10.1. The number of aryl methyl sites for hydroxylation is 1. The number of amides is 2. The SMILES string of the molecule is Cc1nc(C(=O)N2C[C@@H]3C[C@@H]3[C@H]2CNC(=O)c2cccc(Cl)c2)c(-c2cccc(Br)c2)s1. The number of carbonyl (C=O) groups is 2. The van der Waals surface area contributed by atoms with Crippen LogP contribution in [0.15, 0.2) is 53.0 Å². The number of nitrogens with one attached hydrogen (secondary N) is 1. The van der Waals surface area contributed by atoms with Gasteiger partial charge < -0.3 is 10.2 Å². The van der Waals surface area contributed by atoms with Gasteiger partial charge in [0.2, 0.25) is 0 Å². The molecule has 1 saturated heterocycles. The zero-order valence-electron chi connectivity index (χ0n) is 17.3. The molecule has 32 heavy (non-hydrogen) atoms. The van der Waals surface area contributed by atoms with E-state index in [4.69, 9.17) is 11.6 Å². The fourth-order valence-electron chi connectivity index (χ4n) is 4.53. The van der Waals surface area contributed by atoms with E-state index in [1.807, 2.05) is 36.1 Å². The van der Waals surface area contributed by atoms with Crippen molar-refractivity contribution < 1.29 is 9.59 Å². The molecule has 5 rings (SSSR count). The topological polar surface area (TPSA) is 62.3 Å². The fraction of sp³-hybridized carbons (Fsp3) is 0.292. The number of likely N-dealkylation sites (tertiary alicyclic amines) is 1. The molecular formula is C24H21BrClN3O2S. The summed E-state index contributed by atoms with van der Waals surface area (Å²) in [4.78, 5) is 33.6. The minimum absolute atomic E-state index is 0.0204. The standard InChI is InChI=1S/C24H21BrClN3O2S/c1-13-28-21(22(32-13)14-4-2-6-17(25)8-14)24(31)29-12-16-10-19(16)20(29)11-27-23(30)15-5-3-7-18(26)9-15/h2-9,16,19-20H,10-12H2,1H3,(H,27,30)/t16-,19-,20+/m0/s1. The summed E-state index contributed by atoms with van der Waals surface area (Å²) in [5, 5.41) is 4.39. The van der Waals surface area contributed by atoms with Crippen molar-refractivity contribution in [1.82, 2.24) is 15.2 Å². The van der Waals surface area contributed by atoms with Gasteiger partial charge >= 0.3 is 0 Å². The summed E-state index contributed by atoms with van der Waals surface area (Å²) < 4.78 is 0.962. The number of aromatic nitrogens is 1. The van der Waals surface area contributed by atoms with Crippen LogP contribution < -0.4 is 5.32 Å². The number of hydrogen-bond donors (Lipinski definition) is 1. The Bertz CT molecular complexity index is 1210. The summed E-state index contributed by atoms with van der Waals surface area (Å²) in [5.74, 6) is 0.718. The third kappa shape index (κ3) is 4.21.